The van der Waals surface area contributed by atoms with Crippen LogP contribution in [0.3, 0.4) is 0 Å². The normalized spacial score (nSPS) is 16.2. The summed E-state index contributed by atoms with van der Waals surface area (Å²) in [6.45, 7) is 4.17. The first kappa shape index (κ1) is 27.2. The molecule has 204 valence electrons. The molecule has 0 fully saturated rings. The van der Waals surface area contributed by atoms with Crippen molar-refractivity contribution >= 4 is 34.5 Å². The number of amidine groups is 1. The van der Waals surface area contributed by atoms with E-state index in [0.29, 0.717) is 40.2 Å². The van der Waals surface area contributed by atoms with E-state index in [1.165, 1.54) is 36.0 Å². The molecule has 1 N–H and O–H groups in total. The van der Waals surface area contributed by atoms with E-state index in [-0.39, 0.29) is 24.8 Å². The van der Waals surface area contributed by atoms with Crippen LogP contribution in [0.5, 0.6) is 5.75 Å². The molecule has 0 spiro atoms. The summed E-state index contributed by atoms with van der Waals surface area (Å²) in [5, 5.41) is 5.34. The van der Waals surface area contributed by atoms with E-state index < -0.39 is 12.0 Å². The lowest BCUT2D eigenvalue weighted by atomic mass is 9.93. The van der Waals surface area contributed by atoms with E-state index in [1.807, 2.05) is 64.9 Å². The number of esters is 1. The number of thioether (sulfide) groups is 1. The molecule has 0 saturated carbocycles. The molecule has 7 nitrogen and oxygen atoms in total. The van der Waals surface area contributed by atoms with Gasteiger partial charge in [0.15, 0.2) is 5.17 Å². The average molecular weight is 558 g/mol. The monoisotopic (exact) mass is 557 g/mol. The molecule has 3 aromatic rings. The molecular formula is C31H28FN3O4S. The summed E-state index contributed by atoms with van der Waals surface area (Å²) < 4.78 is 24.8. The Kier molecular flexibility index (Phi) is 8.31. The van der Waals surface area contributed by atoms with Crippen LogP contribution in [0.15, 0.2) is 106 Å². The maximum atomic E-state index is 13.3. The largest absolute Gasteiger partial charge is 0.489 e. The molecular weight excluding hydrogens is 529 g/mol. The van der Waals surface area contributed by atoms with E-state index in [0.717, 1.165) is 11.1 Å². The zero-order valence-electron chi connectivity index (χ0n) is 22.1. The van der Waals surface area contributed by atoms with Crippen LogP contribution in [0.1, 0.15) is 37.4 Å². The first-order valence-corrected chi connectivity index (χ1v) is 13.7. The summed E-state index contributed by atoms with van der Waals surface area (Å²) in [6.07, 6.45) is 0.0270. The summed E-state index contributed by atoms with van der Waals surface area (Å²) in [6, 6.07) is 22.5. The Morgan fingerprint density at radius 2 is 1.82 bits per heavy atom. The molecule has 0 saturated heterocycles. The zero-order valence-corrected chi connectivity index (χ0v) is 22.9. The van der Waals surface area contributed by atoms with E-state index in [9.17, 15) is 14.0 Å². The number of carbonyl (C=O) groups is 2. The van der Waals surface area contributed by atoms with Crippen LogP contribution in [0, 0.1) is 5.82 Å². The molecule has 2 heterocycles. The van der Waals surface area contributed by atoms with Crippen LogP contribution in [-0.4, -0.2) is 28.6 Å². The molecule has 2 aliphatic rings. The lowest BCUT2D eigenvalue weighted by molar-refractivity contribution is -0.139. The van der Waals surface area contributed by atoms with E-state index in [2.05, 4.69) is 10.3 Å². The Morgan fingerprint density at radius 3 is 2.58 bits per heavy atom. The summed E-state index contributed by atoms with van der Waals surface area (Å²) in [7, 11) is 0. The molecule has 0 radical (unpaired) electrons. The Bertz CT molecular complexity index is 1500. The van der Waals surface area contributed by atoms with Crippen molar-refractivity contribution in [3.63, 3.8) is 0 Å². The van der Waals surface area contributed by atoms with Crippen molar-refractivity contribution in [2.75, 3.05) is 11.9 Å². The summed E-state index contributed by atoms with van der Waals surface area (Å²) in [4.78, 5) is 32.8. The van der Waals surface area contributed by atoms with Gasteiger partial charge in [0, 0.05) is 11.4 Å². The number of anilines is 1. The number of rotatable bonds is 9. The fraction of sp³-hybridized carbons (Fsp3) is 0.194. The van der Waals surface area contributed by atoms with Crippen molar-refractivity contribution in [3.8, 4) is 5.75 Å². The van der Waals surface area contributed by atoms with Crippen molar-refractivity contribution in [2.45, 2.75) is 32.9 Å². The molecule has 5 rings (SSSR count). The quantitative estimate of drug-likeness (QED) is 0.300. The number of benzene rings is 3. The highest BCUT2D eigenvalue weighted by Gasteiger charge is 2.41. The number of aliphatic imine (C=N–C) groups is 1. The Labute approximate surface area is 236 Å². The molecule has 40 heavy (non-hydrogen) atoms. The standard InChI is InChI=1S/C31H28FN3O4S/c1-3-38-30(37)28-20(2)33-31-35(25(19-40-31)17-27(36)34-24-14-12-23(32)13-15-24)29(28)22-10-7-11-26(16-22)39-18-21-8-5-4-6-9-21/h4-16,19,29H,3,17-18H2,1-2H3,(H,34,36). The SMILES string of the molecule is CCOC(=O)C1=C(C)N=C2SC=C(CC(=O)Nc3ccc(F)cc3)N2C1c1cccc(OCc2ccccc2)c1. The zero-order chi connectivity index (χ0) is 28.1. The second kappa shape index (κ2) is 12.2. The van der Waals surface area contributed by atoms with Gasteiger partial charge in [0.25, 0.3) is 0 Å². The van der Waals surface area contributed by atoms with Crippen molar-refractivity contribution < 1.29 is 23.5 Å². The smallest absolute Gasteiger partial charge is 0.338 e. The van der Waals surface area contributed by atoms with Crippen LogP contribution in [0.2, 0.25) is 0 Å². The predicted octanol–water partition coefficient (Wildman–Crippen LogP) is 6.57. The van der Waals surface area contributed by atoms with Crippen molar-refractivity contribution in [2.24, 2.45) is 4.99 Å². The van der Waals surface area contributed by atoms with E-state index >= 15 is 0 Å². The molecule has 0 aromatic heterocycles. The Morgan fingerprint density at radius 1 is 1.05 bits per heavy atom. The van der Waals surface area contributed by atoms with Gasteiger partial charge in [-0.2, -0.15) is 0 Å². The van der Waals surface area contributed by atoms with Gasteiger partial charge in [-0.1, -0.05) is 54.2 Å². The van der Waals surface area contributed by atoms with Crippen molar-refractivity contribution in [1.29, 1.82) is 0 Å². The van der Waals surface area contributed by atoms with Gasteiger partial charge in [-0.05, 0) is 66.8 Å². The van der Waals surface area contributed by atoms with Gasteiger partial charge in [-0.3, -0.25) is 4.79 Å². The highest BCUT2D eigenvalue weighted by Crippen LogP contribution is 2.45. The highest BCUT2D eigenvalue weighted by atomic mass is 32.2. The van der Waals surface area contributed by atoms with Gasteiger partial charge in [0.05, 0.1) is 30.3 Å². The van der Waals surface area contributed by atoms with Gasteiger partial charge in [0.1, 0.15) is 18.2 Å². The number of nitrogens with zero attached hydrogens (tertiary/aromatic N) is 2. The third-order valence-electron chi connectivity index (χ3n) is 6.39. The molecule has 2 aliphatic heterocycles. The summed E-state index contributed by atoms with van der Waals surface area (Å²) in [5.41, 5.74) is 3.97. The van der Waals surface area contributed by atoms with E-state index in [1.54, 1.807) is 13.8 Å². The van der Waals surface area contributed by atoms with Crippen LogP contribution in [-0.2, 0) is 20.9 Å². The summed E-state index contributed by atoms with van der Waals surface area (Å²) in [5.74, 6) is -0.468. The second-order valence-corrected chi connectivity index (χ2v) is 10.0. The lowest BCUT2D eigenvalue weighted by Crippen LogP contribution is -2.37. The Balaban J connectivity index is 1.44. The third kappa shape index (κ3) is 6.10. The number of hydrogen-bond acceptors (Lipinski definition) is 7. The number of halogens is 1. The average Bonchev–Trinajstić information content (AvgIpc) is 3.34. The fourth-order valence-corrected chi connectivity index (χ4v) is 5.54. The minimum absolute atomic E-state index is 0.0270. The van der Waals surface area contributed by atoms with Crippen molar-refractivity contribution in [3.05, 3.63) is 118 Å². The first-order valence-electron chi connectivity index (χ1n) is 12.9. The third-order valence-corrected chi connectivity index (χ3v) is 7.28. The second-order valence-electron chi connectivity index (χ2n) is 9.19. The van der Waals surface area contributed by atoms with Gasteiger partial charge < -0.3 is 19.7 Å². The number of carbonyl (C=O) groups excluding carboxylic acids is 2. The maximum absolute atomic E-state index is 13.3. The number of allylic oxidation sites excluding steroid dienone is 1. The van der Waals surface area contributed by atoms with Crippen molar-refractivity contribution in [1.82, 2.24) is 4.90 Å². The van der Waals surface area contributed by atoms with E-state index in [4.69, 9.17) is 9.47 Å². The number of hydrogen-bond donors (Lipinski definition) is 1. The first-order chi connectivity index (χ1) is 19.4. The Hall–Kier alpha value is -4.37. The highest BCUT2D eigenvalue weighted by molar-refractivity contribution is 8.16. The van der Waals surface area contributed by atoms with Crippen LogP contribution in [0.4, 0.5) is 10.1 Å². The molecule has 0 aliphatic carbocycles. The topological polar surface area (TPSA) is 80.2 Å². The molecule has 1 amide bonds. The number of ether oxygens (including phenoxy) is 2. The van der Waals surface area contributed by atoms with Crippen LogP contribution >= 0.6 is 11.8 Å². The predicted molar refractivity (Wildman–Crippen MR) is 154 cm³/mol. The minimum Gasteiger partial charge on any atom is -0.489 e. The maximum Gasteiger partial charge on any atom is 0.338 e. The lowest BCUT2D eigenvalue weighted by Gasteiger charge is -2.36. The number of amides is 1. The van der Waals surface area contributed by atoms with Gasteiger partial charge in [0.2, 0.25) is 5.91 Å². The summed E-state index contributed by atoms with van der Waals surface area (Å²) >= 11 is 1.39. The molecule has 0 bridgehead atoms. The molecule has 1 atom stereocenters. The fourth-order valence-electron chi connectivity index (χ4n) is 4.57. The van der Waals surface area contributed by atoms with Gasteiger partial charge in [-0.25, -0.2) is 14.2 Å². The van der Waals surface area contributed by atoms with Gasteiger partial charge in [-0.15, -0.1) is 0 Å². The molecule has 1 unspecified atom stereocenters. The molecule has 3 aromatic carbocycles. The number of fused-ring (bicyclic) bond motifs is 1. The van der Waals surface area contributed by atoms with Crippen LogP contribution in [0.25, 0.3) is 0 Å². The number of nitrogens with one attached hydrogen (secondary N) is 1. The molecule has 9 heteroatoms. The van der Waals surface area contributed by atoms with Crippen LogP contribution < -0.4 is 10.1 Å². The minimum atomic E-state index is -0.577. The van der Waals surface area contributed by atoms with Gasteiger partial charge >= 0.3 is 5.97 Å².